The lowest BCUT2D eigenvalue weighted by Gasteiger charge is -2.23. The largest absolute Gasteiger partial charge is 0.485 e. The summed E-state index contributed by atoms with van der Waals surface area (Å²) in [7, 11) is 1.59. The van der Waals surface area contributed by atoms with Gasteiger partial charge in [-0.2, -0.15) is 0 Å². The number of ether oxygens (including phenoxy) is 1. The number of allylic oxidation sites excluding steroid dienone is 2. The Labute approximate surface area is 234 Å². The second kappa shape index (κ2) is 11.5. The lowest BCUT2D eigenvalue weighted by molar-refractivity contribution is -0.122. The maximum absolute atomic E-state index is 12.8. The molecule has 0 aliphatic carbocycles. The molecule has 192 valence electrons. The van der Waals surface area contributed by atoms with Crippen molar-refractivity contribution in [1.29, 1.82) is 0 Å². The first-order valence-electron chi connectivity index (χ1n) is 11.5. The topological polar surface area (TPSA) is 74.2 Å². The smallest absolute Gasteiger partial charge is 0.246 e. The van der Waals surface area contributed by atoms with E-state index in [9.17, 15) is 9.59 Å². The number of fused-ring (bicyclic) bond motifs is 1. The van der Waals surface area contributed by atoms with Crippen molar-refractivity contribution in [3.8, 4) is 0 Å². The first-order chi connectivity index (χ1) is 17.6. The molecule has 2 aliphatic rings. The van der Waals surface area contributed by atoms with Crippen LogP contribution in [0.3, 0.4) is 0 Å². The number of anilines is 1. The third-order valence-electron chi connectivity index (χ3n) is 5.72. The van der Waals surface area contributed by atoms with E-state index in [4.69, 9.17) is 27.9 Å². The van der Waals surface area contributed by atoms with Crippen molar-refractivity contribution in [2.45, 2.75) is 18.0 Å². The zero-order chi connectivity index (χ0) is 26.6. The number of carbonyl (C=O) groups excluding carboxylic acids is 2. The summed E-state index contributed by atoms with van der Waals surface area (Å²) in [6.45, 7) is 2.55. The third-order valence-corrected chi connectivity index (χ3v) is 6.92. The molecule has 2 heterocycles. The van der Waals surface area contributed by atoms with E-state index in [1.807, 2.05) is 60.5 Å². The van der Waals surface area contributed by atoms with Crippen LogP contribution in [0.5, 0.6) is 0 Å². The van der Waals surface area contributed by atoms with Crippen molar-refractivity contribution >= 4 is 68.5 Å². The molecule has 0 spiro atoms. The highest BCUT2D eigenvalue weighted by atomic mass is 79.9. The van der Waals surface area contributed by atoms with Gasteiger partial charge in [-0.05, 0) is 42.8 Å². The zero-order valence-electron chi connectivity index (χ0n) is 20.2. The summed E-state index contributed by atoms with van der Waals surface area (Å²) in [5, 5.41) is 3.30. The van der Waals surface area contributed by atoms with Crippen LogP contribution in [0, 0.1) is 0 Å². The fraction of sp³-hybridized carbons (Fsp3) is 0.222. The molecule has 1 atom stereocenters. The van der Waals surface area contributed by atoms with Crippen molar-refractivity contribution in [1.82, 2.24) is 10.2 Å². The van der Waals surface area contributed by atoms with Crippen LogP contribution in [0.2, 0.25) is 10.0 Å². The van der Waals surface area contributed by atoms with Crippen LogP contribution in [-0.4, -0.2) is 47.1 Å². The van der Waals surface area contributed by atoms with Crippen LogP contribution in [0.4, 0.5) is 5.69 Å². The van der Waals surface area contributed by atoms with Crippen molar-refractivity contribution in [3.63, 3.8) is 0 Å². The number of likely N-dealkylation sites (N-methyl/N-ethyl adjacent to an activating group) is 1. The van der Waals surface area contributed by atoms with Crippen LogP contribution in [0.1, 0.15) is 18.1 Å². The van der Waals surface area contributed by atoms with Crippen LogP contribution >= 0.6 is 39.1 Å². The Morgan fingerprint density at radius 2 is 2.00 bits per heavy atom. The molecule has 7 nitrogen and oxygen atoms in total. The molecule has 1 unspecified atom stereocenters. The minimum Gasteiger partial charge on any atom is -0.485 e. The lowest BCUT2D eigenvalue weighted by Crippen LogP contribution is -2.37. The third kappa shape index (κ3) is 6.63. The molecule has 0 saturated heterocycles. The van der Waals surface area contributed by atoms with Crippen molar-refractivity contribution in [2.24, 2.45) is 4.99 Å². The second-order valence-electron chi connectivity index (χ2n) is 8.64. The number of alkyl halides is 1. The molecule has 2 aromatic carbocycles. The molecule has 2 aromatic rings. The molecule has 1 N–H and O–H groups in total. The van der Waals surface area contributed by atoms with Gasteiger partial charge in [0.05, 0.1) is 23.8 Å². The van der Waals surface area contributed by atoms with Crippen LogP contribution < -0.4 is 10.2 Å². The number of amides is 2. The molecule has 0 aromatic heterocycles. The van der Waals surface area contributed by atoms with Gasteiger partial charge < -0.3 is 19.9 Å². The first kappa shape index (κ1) is 27.0. The van der Waals surface area contributed by atoms with Crippen LogP contribution in [0.15, 0.2) is 77.6 Å². The number of carbonyl (C=O) groups is 2. The number of nitrogens with one attached hydrogen (secondary N) is 1. The number of hydrogen-bond acceptors (Lipinski definition) is 5. The van der Waals surface area contributed by atoms with Gasteiger partial charge in [0.15, 0.2) is 11.6 Å². The number of amidine groups is 1. The van der Waals surface area contributed by atoms with Gasteiger partial charge in [-0.25, -0.2) is 4.99 Å². The number of aliphatic imine (C=N–C) groups is 1. The normalized spacial score (nSPS) is 18.4. The van der Waals surface area contributed by atoms with Gasteiger partial charge in [0, 0.05) is 29.9 Å². The first-order valence-corrected chi connectivity index (χ1v) is 13.0. The number of hydrogen-bond donors (Lipinski definition) is 1. The van der Waals surface area contributed by atoms with Gasteiger partial charge in [0.25, 0.3) is 0 Å². The van der Waals surface area contributed by atoms with Crippen molar-refractivity contribution < 1.29 is 14.3 Å². The van der Waals surface area contributed by atoms with E-state index in [-0.39, 0.29) is 25.0 Å². The summed E-state index contributed by atoms with van der Waals surface area (Å²) in [6.07, 6.45) is 8.72. The van der Waals surface area contributed by atoms with Gasteiger partial charge in [-0.1, -0.05) is 69.5 Å². The highest BCUT2D eigenvalue weighted by Gasteiger charge is 2.35. The molecule has 37 heavy (non-hydrogen) atoms. The van der Waals surface area contributed by atoms with Gasteiger partial charge >= 0.3 is 0 Å². The summed E-state index contributed by atoms with van der Waals surface area (Å²) in [6, 6.07) is 12.7. The van der Waals surface area contributed by atoms with E-state index in [1.165, 1.54) is 11.0 Å². The molecule has 10 heteroatoms. The standard InChI is InChI=1S/C27H25BrCl2N4O3/c1-27(28)17-34-14-6-9-22(26(34)32-27)37-16-19-20(29)11-12-21(25(19)30)33(2)24(36)15-31-23(35)13-10-18-7-4-3-5-8-18/h3-14H,15-17H2,1-2H3,(H,31,35). The van der Waals surface area contributed by atoms with Crippen molar-refractivity contribution in [2.75, 3.05) is 25.0 Å². The monoisotopic (exact) mass is 602 g/mol. The summed E-state index contributed by atoms with van der Waals surface area (Å²) in [4.78, 5) is 33.0. The Morgan fingerprint density at radius 3 is 2.76 bits per heavy atom. The Kier molecular flexibility index (Phi) is 8.42. The predicted molar refractivity (Wildman–Crippen MR) is 152 cm³/mol. The Bertz CT molecular complexity index is 1320. The average molecular weight is 604 g/mol. The van der Waals surface area contributed by atoms with Crippen molar-refractivity contribution in [3.05, 3.63) is 93.8 Å². The summed E-state index contributed by atoms with van der Waals surface area (Å²) < 4.78 is 5.66. The molecular weight excluding hydrogens is 579 g/mol. The van der Waals surface area contributed by atoms with Gasteiger partial charge in [0.2, 0.25) is 11.8 Å². The van der Waals surface area contributed by atoms with Gasteiger partial charge in [-0.3, -0.25) is 9.59 Å². The zero-order valence-corrected chi connectivity index (χ0v) is 23.3. The van der Waals surface area contributed by atoms with Crippen LogP contribution in [0.25, 0.3) is 6.08 Å². The number of rotatable bonds is 8. The molecule has 4 rings (SSSR count). The Morgan fingerprint density at radius 1 is 1.24 bits per heavy atom. The predicted octanol–water partition coefficient (Wildman–Crippen LogP) is 5.54. The Balaban J connectivity index is 1.40. The van der Waals surface area contributed by atoms with E-state index in [2.05, 4.69) is 26.2 Å². The Hall–Kier alpha value is -3.07. The fourth-order valence-corrected chi connectivity index (χ4v) is 4.83. The molecule has 2 aliphatic heterocycles. The molecule has 0 bridgehead atoms. The van der Waals surface area contributed by atoms with E-state index >= 15 is 0 Å². The quantitative estimate of drug-likeness (QED) is 0.244. The van der Waals surface area contributed by atoms with Gasteiger partial charge in [-0.15, -0.1) is 0 Å². The second-order valence-corrected chi connectivity index (χ2v) is 11.1. The van der Waals surface area contributed by atoms with E-state index in [0.717, 1.165) is 11.4 Å². The maximum atomic E-state index is 12.8. The van der Waals surface area contributed by atoms with E-state index in [0.29, 0.717) is 33.6 Å². The maximum Gasteiger partial charge on any atom is 0.246 e. The van der Waals surface area contributed by atoms with Gasteiger partial charge in [0.1, 0.15) is 11.1 Å². The molecule has 0 fully saturated rings. The lowest BCUT2D eigenvalue weighted by atomic mass is 10.2. The van der Waals surface area contributed by atoms with E-state index < -0.39 is 4.45 Å². The minimum atomic E-state index is -0.398. The minimum absolute atomic E-state index is 0.0834. The van der Waals surface area contributed by atoms with E-state index in [1.54, 1.807) is 25.3 Å². The average Bonchev–Trinajstić information content (AvgIpc) is 3.20. The number of benzene rings is 2. The highest BCUT2D eigenvalue weighted by molar-refractivity contribution is 9.10. The summed E-state index contributed by atoms with van der Waals surface area (Å²) in [5.74, 6) is 0.596. The van der Waals surface area contributed by atoms with Crippen LogP contribution in [-0.2, 0) is 20.9 Å². The number of nitrogens with zero attached hydrogens (tertiary/aromatic N) is 3. The molecule has 2 amide bonds. The fourth-order valence-electron chi connectivity index (χ4n) is 3.78. The molecular formula is C27H25BrCl2N4O3. The number of halogens is 3. The molecule has 0 radical (unpaired) electrons. The SMILES string of the molecule is CN(C(=O)CNC(=O)C=Cc1ccccc1)c1ccc(Cl)c(COC2=CC=CN3CC(C)(Br)N=C23)c1Cl. The summed E-state index contributed by atoms with van der Waals surface area (Å²) in [5.41, 5.74) is 1.88. The molecule has 0 saturated carbocycles. The summed E-state index contributed by atoms with van der Waals surface area (Å²) >= 11 is 16.7. The highest BCUT2D eigenvalue weighted by Crippen LogP contribution is 2.36.